The van der Waals surface area contributed by atoms with Gasteiger partial charge in [0.15, 0.2) is 6.61 Å². The van der Waals surface area contributed by atoms with E-state index in [4.69, 9.17) is 14.2 Å². The lowest BCUT2D eigenvalue weighted by Gasteiger charge is -2.27. The zero-order valence-electron chi connectivity index (χ0n) is 21.6. The van der Waals surface area contributed by atoms with E-state index in [0.29, 0.717) is 0 Å². The molecule has 38 heavy (non-hydrogen) atoms. The minimum absolute atomic E-state index is 0.00865. The third-order valence-electron chi connectivity index (χ3n) is 5.66. The number of anilines is 1. The molecule has 0 bridgehead atoms. The molecule has 1 aliphatic heterocycles. The number of esters is 3. The second-order valence-corrected chi connectivity index (χ2v) is 9.59. The van der Waals surface area contributed by atoms with Gasteiger partial charge in [0.2, 0.25) is 0 Å². The highest BCUT2D eigenvalue weighted by atomic mass is 32.1. The number of hydrogen-bond donors (Lipinski definition) is 1. The Morgan fingerprint density at radius 2 is 1.47 bits per heavy atom. The average molecular weight is 545 g/mol. The average Bonchev–Trinajstić information content (AvgIpc) is 3.32. The molecule has 0 radical (unpaired) electrons. The van der Waals surface area contributed by atoms with E-state index < -0.39 is 54.2 Å². The molecular weight excluding hydrogens is 516 g/mol. The Morgan fingerprint density at radius 1 is 0.921 bits per heavy atom. The Morgan fingerprint density at radius 3 is 2.00 bits per heavy atom. The zero-order valence-corrected chi connectivity index (χ0v) is 22.4. The molecule has 1 aromatic heterocycles. The van der Waals surface area contributed by atoms with Crippen LogP contribution in [0.4, 0.5) is 5.00 Å². The fourth-order valence-electron chi connectivity index (χ4n) is 3.96. The maximum atomic E-state index is 13.0. The third kappa shape index (κ3) is 5.59. The molecule has 3 rings (SSSR count). The van der Waals surface area contributed by atoms with Crippen LogP contribution in [0.15, 0.2) is 24.3 Å². The predicted octanol–water partition coefficient (Wildman–Crippen LogP) is 3.21. The van der Waals surface area contributed by atoms with Gasteiger partial charge in [-0.05, 0) is 44.4 Å². The summed E-state index contributed by atoms with van der Waals surface area (Å²) in [4.78, 5) is 77.2. The van der Waals surface area contributed by atoms with Crippen molar-refractivity contribution in [2.75, 3.05) is 25.1 Å². The highest BCUT2D eigenvalue weighted by Gasteiger charge is 2.44. The van der Waals surface area contributed by atoms with Gasteiger partial charge in [-0.3, -0.25) is 19.3 Å². The van der Waals surface area contributed by atoms with Gasteiger partial charge in [0.1, 0.15) is 15.9 Å². The van der Waals surface area contributed by atoms with E-state index in [1.165, 1.54) is 19.1 Å². The zero-order chi connectivity index (χ0) is 28.1. The van der Waals surface area contributed by atoms with Crippen LogP contribution >= 0.6 is 11.3 Å². The van der Waals surface area contributed by atoms with Gasteiger partial charge >= 0.3 is 17.9 Å². The van der Waals surface area contributed by atoms with Gasteiger partial charge in [-0.1, -0.05) is 26.0 Å². The van der Waals surface area contributed by atoms with E-state index in [-0.39, 0.29) is 45.3 Å². The highest BCUT2D eigenvalue weighted by Crippen LogP contribution is 2.34. The van der Waals surface area contributed by atoms with Crippen LogP contribution in [0.25, 0.3) is 0 Å². The fraction of sp³-hybridized carbons (Fsp3) is 0.385. The molecule has 0 aliphatic carbocycles. The second kappa shape index (κ2) is 12.0. The molecule has 1 N–H and O–H groups in total. The molecule has 202 valence electrons. The summed E-state index contributed by atoms with van der Waals surface area (Å²) in [7, 11) is 0. The number of hydrogen-bond acceptors (Lipinski definition) is 10. The van der Waals surface area contributed by atoms with E-state index in [2.05, 4.69) is 5.32 Å². The Hall–Kier alpha value is -4.06. The van der Waals surface area contributed by atoms with Gasteiger partial charge in [-0.15, -0.1) is 11.3 Å². The first-order valence-electron chi connectivity index (χ1n) is 11.9. The van der Waals surface area contributed by atoms with Gasteiger partial charge in [0.05, 0.1) is 29.9 Å². The van der Waals surface area contributed by atoms with Crippen molar-refractivity contribution in [1.29, 1.82) is 0 Å². The Kier molecular flexibility index (Phi) is 9.00. The summed E-state index contributed by atoms with van der Waals surface area (Å²) in [5.74, 6) is -4.89. The quantitative estimate of drug-likeness (QED) is 0.271. The van der Waals surface area contributed by atoms with Crippen molar-refractivity contribution in [1.82, 2.24) is 4.90 Å². The number of carbonyl (C=O) groups is 6. The van der Waals surface area contributed by atoms with Gasteiger partial charge in [-0.25, -0.2) is 14.4 Å². The number of benzene rings is 1. The summed E-state index contributed by atoms with van der Waals surface area (Å²) in [5, 5.41) is 2.51. The van der Waals surface area contributed by atoms with Crippen LogP contribution < -0.4 is 5.32 Å². The summed E-state index contributed by atoms with van der Waals surface area (Å²) in [6, 6.07) is 4.97. The van der Waals surface area contributed by atoms with E-state index in [1.54, 1.807) is 39.8 Å². The molecule has 0 fully saturated rings. The molecule has 2 heterocycles. The van der Waals surface area contributed by atoms with Crippen LogP contribution in [0.1, 0.15) is 74.0 Å². The summed E-state index contributed by atoms with van der Waals surface area (Å²) in [6.45, 7) is 7.49. The number of imide groups is 1. The van der Waals surface area contributed by atoms with Gasteiger partial charge < -0.3 is 19.5 Å². The highest BCUT2D eigenvalue weighted by molar-refractivity contribution is 7.18. The Balaban J connectivity index is 1.76. The van der Waals surface area contributed by atoms with Crippen molar-refractivity contribution in [3.05, 3.63) is 51.4 Å². The van der Waals surface area contributed by atoms with Crippen molar-refractivity contribution in [3.8, 4) is 0 Å². The molecule has 3 amide bonds. The van der Waals surface area contributed by atoms with Crippen LogP contribution in [0.5, 0.6) is 0 Å². The van der Waals surface area contributed by atoms with E-state index in [9.17, 15) is 28.8 Å². The van der Waals surface area contributed by atoms with Crippen LogP contribution in [0, 0.1) is 12.8 Å². The lowest BCUT2D eigenvalue weighted by atomic mass is 10.0. The molecule has 1 aromatic carbocycles. The molecule has 12 heteroatoms. The number of nitrogens with one attached hydrogen (secondary N) is 1. The normalized spacial score (nSPS) is 13.3. The molecule has 0 saturated carbocycles. The molecule has 1 aliphatic rings. The maximum Gasteiger partial charge on any atom is 0.348 e. The van der Waals surface area contributed by atoms with Crippen molar-refractivity contribution in [2.24, 2.45) is 5.92 Å². The van der Waals surface area contributed by atoms with E-state index in [1.807, 2.05) is 0 Å². The second-order valence-electron chi connectivity index (χ2n) is 8.57. The van der Waals surface area contributed by atoms with Crippen LogP contribution in [0.3, 0.4) is 0 Å². The minimum atomic E-state index is -1.26. The number of carbonyl (C=O) groups excluding carboxylic acids is 6. The SMILES string of the molecule is CCOC(=O)c1sc(NC(=O)COC(=O)[C@@H](C(C)C)N2C(=O)c3ccccc3C2=O)c(C(=O)OCC)c1C. The number of ether oxygens (including phenoxy) is 3. The molecule has 0 saturated heterocycles. The topological polar surface area (TPSA) is 145 Å². The standard InChI is InChI=1S/C26H28N2O9S/c1-6-35-24(32)18-14(5)20(26(34)36-7-2)38-21(18)27-17(29)12-37-25(33)19(13(3)4)28-22(30)15-10-8-9-11-16(15)23(28)31/h8-11,13,19H,6-7,12H2,1-5H3,(H,27,29)/t19-/m1/s1. The van der Waals surface area contributed by atoms with E-state index in [0.717, 1.165) is 16.2 Å². The van der Waals surface area contributed by atoms with Gasteiger partial charge in [0.25, 0.3) is 17.7 Å². The summed E-state index contributed by atoms with van der Waals surface area (Å²) < 4.78 is 15.2. The summed E-state index contributed by atoms with van der Waals surface area (Å²) >= 11 is 0.831. The Labute approximate surface area is 223 Å². The first-order valence-corrected chi connectivity index (χ1v) is 12.8. The fourth-order valence-corrected chi connectivity index (χ4v) is 5.07. The Bertz CT molecular complexity index is 1260. The maximum absolute atomic E-state index is 13.0. The first-order chi connectivity index (χ1) is 18.0. The van der Waals surface area contributed by atoms with Crippen LogP contribution in [0.2, 0.25) is 0 Å². The number of amides is 3. The lowest BCUT2D eigenvalue weighted by Crippen LogP contribution is -2.49. The van der Waals surface area contributed by atoms with Crippen molar-refractivity contribution < 1.29 is 43.0 Å². The molecule has 0 unspecified atom stereocenters. The van der Waals surface area contributed by atoms with Gasteiger partial charge in [0, 0.05) is 0 Å². The molecule has 1 atom stereocenters. The molecule has 2 aromatic rings. The molecule has 0 spiro atoms. The number of nitrogens with zero attached hydrogens (tertiary/aromatic N) is 1. The summed E-state index contributed by atoms with van der Waals surface area (Å²) in [6.07, 6.45) is 0. The first kappa shape index (κ1) is 28.5. The van der Waals surface area contributed by atoms with Gasteiger partial charge in [-0.2, -0.15) is 0 Å². The largest absolute Gasteiger partial charge is 0.462 e. The third-order valence-corrected chi connectivity index (χ3v) is 6.85. The van der Waals surface area contributed by atoms with Crippen molar-refractivity contribution in [2.45, 2.75) is 40.7 Å². The summed E-state index contributed by atoms with van der Waals surface area (Å²) in [5.41, 5.74) is 0.645. The number of fused-ring (bicyclic) bond motifs is 1. The predicted molar refractivity (Wildman–Crippen MR) is 136 cm³/mol. The molecular formula is C26H28N2O9S. The lowest BCUT2D eigenvalue weighted by molar-refractivity contribution is -0.152. The number of thiophene rings is 1. The van der Waals surface area contributed by atoms with Crippen molar-refractivity contribution in [3.63, 3.8) is 0 Å². The van der Waals surface area contributed by atoms with Crippen LogP contribution in [-0.4, -0.2) is 66.4 Å². The van der Waals surface area contributed by atoms with E-state index >= 15 is 0 Å². The van der Waals surface area contributed by atoms with Crippen molar-refractivity contribution >= 4 is 52.0 Å². The smallest absolute Gasteiger partial charge is 0.348 e. The monoisotopic (exact) mass is 544 g/mol. The minimum Gasteiger partial charge on any atom is -0.462 e. The molecule has 11 nitrogen and oxygen atoms in total. The van der Waals surface area contributed by atoms with Crippen LogP contribution in [-0.2, 0) is 23.8 Å². The number of rotatable bonds is 10.